The SMILES string of the molecule is CCOc1ccccc1N(C)C(=O)Nc1cc2oc(=O)c(C(=O)O)cc2s1. The Morgan fingerprint density at radius 2 is 2.04 bits per heavy atom. The Labute approximate surface area is 157 Å². The van der Waals surface area contributed by atoms with Crippen molar-refractivity contribution in [3.8, 4) is 5.75 Å². The molecule has 3 rings (SSSR count). The van der Waals surface area contributed by atoms with Crippen molar-refractivity contribution in [2.75, 3.05) is 23.9 Å². The van der Waals surface area contributed by atoms with E-state index in [4.69, 9.17) is 14.3 Å². The van der Waals surface area contributed by atoms with E-state index in [2.05, 4.69) is 5.32 Å². The lowest BCUT2D eigenvalue weighted by Crippen LogP contribution is -2.31. The first-order valence-corrected chi connectivity index (χ1v) is 8.80. The van der Waals surface area contributed by atoms with Crippen LogP contribution in [0, 0.1) is 0 Å². The Kier molecular flexibility index (Phi) is 5.13. The van der Waals surface area contributed by atoms with Crippen LogP contribution in [-0.2, 0) is 0 Å². The number of thiophene rings is 1. The van der Waals surface area contributed by atoms with Gasteiger partial charge >= 0.3 is 17.6 Å². The smallest absolute Gasteiger partial charge is 0.351 e. The minimum atomic E-state index is -1.36. The van der Waals surface area contributed by atoms with Crippen LogP contribution in [0.4, 0.5) is 15.5 Å². The molecule has 0 spiro atoms. The number of carboxylic acid groups (broad SMARTS) is 1. The number of fused-ring (bicyclic) bond motifs is 1. The van der Waals surface area contributed by atoms with Crippen LogP contribution in [0.2, 0.25) is 0 Å². The van der Waals surface area contributed by atoms with Crippen molar-refractivity contribution < 1.29 is 23.8 Å². The molecule has 0 aliphatic rings. The normalized spacial score (nSPS) is 10.6. The maximum atomic E-state index is 12.6. The summed E-state index contributed by atoms with van der Waals surface area (Å²) in [5.41, 5.74) is -0.584. The van der Waals surface area contributed by atoms with Crippen molar-refractivity contribution in [1.29, 1.82) is 0 Å². The van der Waals surface area contributed by atoms with Crippen LogP contribution < -0.4 is 20.6 Å². The lowest BCUT2D eigenvalue weighted by atomic mass is 10.3. The molecule has 8 nitrogen and oxygen atoms in total. The summed E-state index contributed by atoms with van der Waals surface area (Å²) < 4.78 is 11.0. The van der Waals surface area contributed by atoms with Crippen molar-refractivity contribution in [3.05, 3.63) is 52.4 Å². The van der Waals surface area contributed by atoms with E-state index >= 15 is 0 Å². The number of rotatable bonds is 5. The van der Waals surface area contributed by atoms with Gasteiger partial charge in [0.1, 0.15) is 16.3 Å². The second-order valence-electron chi connectivity index (χ2n) is 5.48. The van der Waals surface area contributed by atoms with Crippen molar-refractivity contribution in [3.63, 3.8) is 0 Å². The van der Waals surface area contributed by atoms with E-state index in [1.807, 2.05) is 13.0 Å². The molecule has 1 aromatic carbocycles. The molecule has 0 saturated carbocycles. The van der Waals surface area contributed by atoms with E-state index in [0.29, 0.717) is 27.7 Å². The fourth-order valence-electron chi connectivity index (χ4n) is 2.43. The minimum Gasteiger partial charge on any atom is -0.492 e. The average molecular weight is 388 g/mol. The highest BCUT2D eigenvalue weighted by atomic mass is 32.1. The molecule has 0 saturated heterocycles. The van der Waals surface area contributed by atoms with Crippen molar-refractivity contribution >= 4 is 44.3 Å². The number of para-hydroxylation sites is 2. The van der Waals surface area contributed by atoms with Crippen molar-refractivity contribution in [1.82, 2.24) is 0 Å². The number of nitrogens with one attached hydrogen (secondary N) is 1. The maximum Gasteiger partial charge on any atom is 0.351 e. The van der Waals surface area contributed by atoms with Crippen LogP contribution in [0.25, 0.3) is 10.3 Å². The van der Waals surface area contributed by atoms with Gasteiger partial charge in [0, 0.05) is 13.1 Å². The molecule has 0 fully saturated rings. The Balaban J connectivity index is 1.85. The molecule has 27 heavy (non-hydrogen) atoms. The highest BCUT2D eigenvalue weighted by Gasteiger charge is 2.18. The molecule has 2 amide bonds. The van der Waals surface area contributed by atoms with Crippen LogP contribution in [0.3, 0.4) is 0 Å². The Morgan fingerprint density at radius 3 is 2.74 bits per heavy atom. The quantitative estimate of drug-likeness (QED) is 0.691. The second-order valence-corrected chi connectivity index (χ2v) is 6.57. The summed E-state index contributed by atoms with van der Waals surface area (Å²) in [7, 11) is 1.60. The zero-order chi connectivity index (χ0) is 19.6. The first kappa shape index (κ1) is 18.5. The van der Waals surface area contributed by atoms with Crippen LogP contribution >= 0.6 is 11.3 Å². The van der Waals surface area contributed by atoms with E-state index in [9.17, 15) is 14.4 Å². The Morgan fingerprint density at radius 1 is 1.30 bits per heavy atom. The predicted molar refractivity (Wildman–Crippen MR) is 102 cm³/mol. The molecule has 2 heterocycles. The molecule has 0 atom stereocenters. The average Bonchev–Trinajstić information content (AvgIpc) is 3.01. The van der Waals surface area contributed by atoms with E-state index in [0.717, 1.165) is 11.3 Å². The van der Waals surface area contributed by atoms with E-state index in [-0.39, 0.29) is 5.58 Å². The van der Waals surface area contributed by atoms with Gasteiger partial charge in [0.25, 0.3) is 0 Å². The number of ether oxygens (including phenoxy) is 1. The molecule has 9 heteroatoms. The number of carbonyl (C=O) groups is 2. The summed E-state index contributed by atoms with van der Waals surface area (Å²) in [5.74, 6) is -0.789. The molecule has 0 aliphatic heterocycles. The number of carboxylic acids is 1. The molecular formula is C18H16N2O6S. The lowest BCUT2D eigenvalue weighted by Gasteiger charge is -2.20. The number of anilines is 2. The zero-order valence-electron chi connectivity index (χ0n) is 14.5. The van der Waals surface area contributed by atoms with Crippen LogP contribution in [0.15, 0.2) is 45.6 Å². The van der Waals surface area contributed by atoms with E-state index in [1.54, 1.807) is 25.2 Å². The number of hydrogen-bond acceptors (Lipinski definition) is 6. The highest BCUT2D eigenvalue weighted by Crippen LogP contribution is 2.31. The molecule has 2 aromatic heterocycles. The van der Waals surface area contributed by atoms with Crippen molar-refractivity contribution in [2.24, 2.45) is 0 Å². The summed E-state index contributed by atoms with van der Waals surface area (Å²) in [6.45, 7) is 2.32. The third-order valence-corrected chi connectivity index (χ3v) is 4.69. The maximum absolute atomic E-state index is 12.6. The van der Waals surface area contributed by atoms with Crippen molar-refractivity contribution in [2.45, 2.75) is 6.92 Å². The molecule has 0 aliphatic carbocycles. The van der Waals surface area contributed by atoms with Gasteiger partial charge in [0.2, 0.25) is 0 Å². The Hall–Kier alpha value is -3.33. The number of benzene rings is 1. The molecule has 3 aromatic rings. The molecule has 0 bridgehead atoms. The largest absolute Gasteiger partial charge is 0.492 e. The minimum absolute atomic E-state index is 0.211. The summed E-state index contributed by atoms with van der Waals surface area (Å²) in [6.07, 6.45) is 0. The number of amides is 2. The fourth-order valence-corrected chi connectivity index (χ4v) is 3.35. The molecule has 2 N–H and O–H groups in total. The van der Waals surface area contributed by atoms with Gasteiger partial charge in [-0.2, -0.15) is 0 Å². The van der Waals surface area contributed by atoms with Gasteiger partial charge in [-0.05, 0) is 25.1 Å². The number of urea groups is 1. The molecule has 140 valence electrons. The summed E-state index contributed by atoms with van der Waals surface area (Å²) in [5, 5.41) is 12.1. The van der Waals surface area contributed by atoms with Crippen LogP contribution in [0.5, 0.6) is 5.75 Å². The third kappa shape index (κ3) is 3.77. The van der Waals surface area contributed by atoms with Gasteiger partial charge in [-0.1, -0.05) is 12.1 Å². The summed E-state index contributed by atoms with van der Waals surface area (Å²) >= 11 is 1.11. The topological polar surface area (TPSA) is 109 Å². The number of nitrogens with zero attached hydrogens (tertiary/aromatic N) is 1. The first-order valence-electron chi connectivity index (χ1n) is 7.98. The fraction of sp³-hybridized carbons (Fsp3) is 0.167. The van der Waals surface area contributed by atoms with Gasteiger partial charge in [-0.15, -0.1) is 11.3 Å². The lowest BCUT2D eigenvalue weighted by molar-refractivity contribution is 0.0692. The molecular weight excluding hydrogens is 372 g/mol. The van der Waals surface area contributed by atoms with Gasteiger partial charge in [0.15, 0.2) is 5.58 Å². The molecule has 0 radical (unpaired) electrons. The molecule has 0 unspecified atom stereocenters. The van der Waals surface area contributed by atoms with Gasteiger partial charge in [-0.25, -0.2) is 14.4 Å². The standard InChI is InChI=1S/C18H16N2O6S/c1-3-25-12-7-5-4-6-11(12)20(2)18(24)19-15-9-13-14(27-15)8-10(16(21)22)17(23)26-13/h4-9H,3H2,1-2H3,(H,19,24)(H,21,22). The second kappa shape index (κ2) is 7.50. The van der Waals surface area contributed by atoms with Crippen LogP contribution in [-0.4, -0.2) is 30.8 Å². The Bertz CT molecular complexity index is 1070. The van der Waals surface area contributed by atoms with Gasteiger partial charge < -0.3 is 14.3 Å². The summed E-state index contributed by atoms with van der Waals surface area (Å²) in [6, 6.07) is 9.43. The number of hydrogen-bond donors (Lipinski definition) is 2. The highest BCUT2D eigenvalue weighted by molar-refractivity contribution is 7.22. The number of aromatic carboxylic acids is 1. The van der Waals surface area contributed by atoms with Crippen LogP contribution in [0.1, 0.15) is 17.3 Å². The monoisotopic (exact) mass is 388 g/mol. The van der Waals surface area contributed by atoms with Gasteiger partial charge in [-0.3, -0.25) is 10.2 Å². The summed E-state index contributed by atoms with van der Waals surface area (Å²) in [4.78, 5) is 36.6. The van der Waals surface area contributed by atoms with Gasteiger partial charge in [0.05, 0.1) is 17.0 Å². The number of carbonyl (C=O) groups excluding carboxylic acids is 1. The van der Waals surface area contributed by atoms with E-state index in [1.165, 1.54) is 17.0 Å². The predicted octanol–water partition coefficient (Wildman–Crippen LogP) is 3.62. The zero-order valence-corrected chi connectivity index (χ0v) is 15.3. The third-order valence-electron chi connectivity index (χ3n) is 3.71. The van der Waals surface area contributed by atoms with E-state index < -0.39 is 23.2 Å². The first-order chi connectivity index (χ1) is 12.9.